The molecule has 1 aliphatic rings. The van der Waals surface area contributed by atoms with Gasteiger partial charge in [-0.2, -0.15) is 5.10 Å². The fourth-order valence-electron chi connectivity index (χ4n) is 3.36. The number of piperidine rings is 1. The van der Waals surface area contributed by atoms with Crippen molar-refractivity contribution in [2.24, 2.45) is 5.92 Å². The number of carbonyl (C=O) groups excluding carboxylic acids is 1. The predicted molar refractivity (Wildman–Crippen MR) is 90.5 cm³/mol. The quantitative estimate of drug-likeness (QED) is 0.879. The normalized spacial score (nSPS) is 17.8. The van der Waals surface area contributed by atoms with E-state index in [4.69, 9.17) is 4.52 Å². The summed E-state index contributed by atoms with van der Waals surface area (Å²) in [7, 11) is 0. The number of likely N-dealkylation sites (tertiary alicyclic amines) is 1. The Hall–Kier alpha value is -2.15. The van der Waals surface area contributed by atoms with Crippen molar-refractivity contribution in [3.63, 3.8) is 0 Å². The maximum absolute atomic E-state index is 12.5. The molecule has 1 saturated heterocycles. The van der Waals surface area contributed by atoms with Crippen LogP contribution in [0, 0.1) is 12.8 Å². The van der Waals surface area contributed by atoms with Crippen molar-refractivity contribution in [1.29, 1.82) is 0 Å². The molecule has 2 aromatic rings. The minimum Gasteiger partial charge on any atom is -0.360 e. The molecule has 0 radical (unpaired) electrons. The van der Waals surface area contributed by atoms with Crippen LogP contribution in [0.1, 0.15) is 31.9 Å². The highest BCUT2D eigenvalue weighted by atomic mass is 16.5. The average Bonchev–Trinajstić information content (AvgIpc) is 3.22. The topological polar surface area (TPSA) is 76.2 Å². The molecule has 1 unspecified atom stereocenters. The van der Waals surface area contributed by atoms with Gasteiger partial charge >= 0.3 is 0 Å². The number of nitrogens with one attached hydrogen (secondary N) is 1. The molecule has 0 aliphatic carbocycles. The number of hydrogen-bond donors (Lipinski definition) is 1. The van der Waals surface area contributed by atoms with Crippen molar-refractivity contribution in [3.8, 4) is 0 Å². The maximum atomic E-state index is 12.5. The smallest absolute Gasteiger partial charge is 0.242 e. The summed E-state index contributed by atoms with van der Waals surface area (Å²) in [6.07, 6.45) is 6.79. The molecule has 2 aromatic heterocycles. The average molecular weight is 331 g/mol. The Morgan fingerprint density at radius 2 is 2.25 bits per heavy atom. The molecule has 0 aromatic carbocycles. The Balaban J connectivity index is 1.52. The Morgan fingerprint density at radius 1 is 1.46 bits per heavy atom. The Kier molecular flexibility index (Phi) is 5.30. The van der Waals surface area contributed by atoms with Crippen molar-refractivity contribution < 1.29 is 9.32 Å². The lowest BCUT2D eigenvalue weighted by atomic mass is 9.95. The Labute approximate surface area is 142 Å². The zero-order valence-electron chi connectivity index (χ0n) is 14.3. The lowest BCUT2D eigenvalue weighted by Crippen LogP contribution is -2.47. The van der Waals surface area contributed by atoms with E-state index in [1.54, 1.807) is 6.07 Å². The molecule has 3 rings (SSSR count). The second-order valence-electron chi connectivity index (χ2n) is 6.44. The van der Waals surface area contributed by atoms with Gasteiger partial charge in [0.1, 0.15) is 5.76 Å². The predicted octanol–water partition coefficient (Wildman–Crippen LogP) is 2.31. The molecule has 1 atom stereocenters. The van der Waals surface area contributed by atoms with Gasteiger partial charge < -0.3 is 9.84 Å². The van der Waals surface area contributed by atoms with Crippen molar-refractivity contribution in [1.82, 2.24) is 19.8 Å². The first-order valence-electron chi connectivity index (χ1n) is 8.61. The van der Waals surface area contributed by atoms with E-state index in [0.29, 0.717) is 17.5 Å². The van der Waals surface area contributed by atoms with Gasteiger partial charge in [-0.25, -0.2) is 0 Å². The lowest BCUT2D eigenvalue weighted by molar-refractivity contribution is -0.122. The molecule has 0 spiro atoms. The number of rotatable bonds is 6. The van der Waals surface area contributed by atoms with Crippen LogP contribution in [0.3, 0.4) is 0 Å². The molecule has 7 nitrogen and oxygen atoms in total. The van der Waals surface area contributed by atoms with E-state index in [-0.39, 0.29) is 11.9 Å². The molecular weight excluding hydrogens is 306 g/mol. The number of nitrogens with zero attached hydrogens (tertiary/aromatic N) is 4. The molecule has 7 heteroatoms. The minimum absolute atomic E-state index is 0.00340. The summed E-state index contributed by atoms with van der Waals surface area (Å²) in [5, 5.41) is 11.0. The Bertz CT molecular complexity index is 644. The van der Waals surface area contributed by atoms with E-state index in [9.17, 15) is 4.79 Å². The first-order valence-corrected chi connectivity index (χ1v) is 8.61. The minimum atomic E-state index is -0.118. The lowest BCUT2D eigenvalue weighted by Gasteiger charge is -2.36. The number of amides is 1. The second kappa shape index (κ2) is 7.61. The van der Waals surface area contributed by atoms with Gasteiger partial charge in [0, 0.05) is 25.0 Å². The highest BCUT2D eigenvalue weighted by molar-refractivity contribution is 5.93. The molecule has 24 heavy (non-hydrogen) atoms. The van der Waals surface area contributed by atoms with Crippen LogP contribution in [0.25, 0.3) is 0 Å². The molecule has 3 heterocycles. The van der Waals surface area contributed by atoms with Crippen molar-refractivity contribution in [3.05, 3.63) is 30.3 Å². The summed E-state index contributed by atoms with van der Waals surface area (Å²) in [4.78, 5) is 14.8. The third kappa shape index (κ3) is 4.03. The fourth-order valence-corrected chi connectivity index (χ4v) is 3.36. The number of anilines is 1. The van der Waals surface area contributed by atoms with Crippen LogP contribution >= 0.6 is 0 Å². The highest BCUT2D eigenvalue weighted by Crippen LogP contribution is 2.22. The first-order chi connectivity index (χ1) is 11.7. The molecule has 1 aliphatic heterocycles. The third-order valence-electron chi connectivity index (χ3n) is 4.66. The van der Waals surface area contributed by atoms with Crippen LogP contribution < -0.4 is 5.32 Å². The van der Waals surface area contributed by atoms with Crippen LogP contribution in [-0.2, 0) is 11.3 Å². The molecule has 0 bridgehead atoms. The van der Waals surface area contributed by atoms with Gasteiger partial charge in [-0.1, -0.05) is 12.1 Å². The number of hydrogen-bond acceptors (Lipinski definition) is 5. The maximum Gasteiger partial charge on any atom is 0.242 e. The van der Waals surface area contributed by atoms with E-state index >= 15 is 0 Å². The van der Waals surface area contributed by atoms with E-state index < -0.39 is 0 Å². The van der Waals surface area contributed by atoms with E-state index in [1.807, 2.05) is 37.0 Å². The summed E-state index contributed by atoms with van der Waals surface area (Å²) in [5.41, 5.74) is 0. The van der Waals surface area contributed by atoms with E-state index in [0.717, 1.165) is 38.9 Å². The summed E-state index contributed by atoms with van der Waals surface area (Å²) >= 11 is 0. The molecule has 130 valence electrons. The van der Waals surface area contributed by atoms with Gasteiger partial charge in [0.15, 0.2) is 5.82 Å². The van der Waals surface area contributed by atoms with Crippen molar-refractivity contribution >= 4 is 11.7 Å². The number of aromatic nitrogens is 3. The van der Waals surface area contributed by atoms with Crippen molar-refractivity contribution in [2.45, 2.75) is 45.7 Å². The Morgan fingerprint density at radius 3 is 2.83 bits per heavy atom. The molecule has 0 saturated carbocycles. The zero-order valence-corrected chi connectivity index (χ0v) is 14.3. The summed E-state index contributed by atoms with van der Waals surface area (Å²) in [6.45, 7) is 6.70. The van der Waals surface area contributed by atoms with Crippen LogP contribution in [-0.4, -0.2) is 44.9 Å². The van der Waals surface area contributed by atoms with E-state index in [1.165, 1.54) is 0 Å². The fraction of sp³-hybridized carbons (Fsp3) is 0.588. The molecule has 1 amide bonds. The largest absolute Gasteiger partial charge is 0.360 e. The van der Waals surface area contributed by atoms with Crippen LogP contribution in [0.4, 0.5) is 5.82 Å². The summed E-state index contributed by atoms with van der Waals surface area (Å²) < 4.78 is 7.00. The monoisotopic (exact) mass is 331 g/mol. The molecule has 1 fully saturated rings. The van der Waals surface area contributed by atoms with Crippen molar-refractivity contribution in [2.75, 3.05) is 18.4 Å². The van der Waals surface area contributed by atoms with Gasteiger partial charge in [-0.15, -0.1) is 0 Å². The number of aryl methyl sites for hydroxylation is 1. The standard InChI is InChI=1S/C17H25N5O2/c1-3-15(17(23)19-16-11-13(2)24-20-16)21-9-5-14(6-10-21)12-22-8-4-7-18-22/h4,7-8,11,14-15H,3,5-6,9-10,12H2,1-2H3,(H,19,20,23). The van der Waals surface area contributed by atoms with Crippen LogP contribution in [0.2, 0.25) is 0 Å². The van der Waals surface area contributed by atoms with Gasteiger partial charge in [-0.3, -0.25) is 14.4 Å². The zero-order chi connectivity index (χ0) is 16.9. The second-order valence-corrected chi connectivity index (χ2v) is 6.44. The first kappa shape index (κ1) is 16.7. The highest BCUT2D eigenvalue weighted by Gasteiger charge is 2.29. The van der Waals surface area contributed by atoms with Crippen LogP contribution in [0.15, 0.2) is 29.0 Å². The van der Waals surface area contributed by atoms with Crippen LogP contribution in [0.5, 0.6) is 0 Å². The SMILES string of the molecule is CCC(C(=O)Nc1cc(C)on1)N1CCC(Cn2cccn2)CC1. The van der Waals surface area contributed by atoms with E-state index in [2.05, 4.69) is 20.5 Å². The molecular formula is C17H25N5O2. The summed E-state index contributed by atoms with van der Waals surface area (Å²) in [6, 6.07) is 3.58. The molecule has 1 N–H and O–H groups in total. The van der Waals surface area contributed by atoms with Gasteiger partial charge in [-0.05, 0) is 51.3 Å². The van der Waals surface area contributed by atoms with Gasteiger partial charge in [0.05, 0.1) is 6.04 Å². The van der Waals surface area contributed by atoms with Gasteiger partial charge in [0.2, 0.25) is 5.91 Å². The third-order valence-corrected chi connectivity index (χ3v) is 4.66. The summed E-state index contributed by atoms with van der Waals surface area (Å²) in [5.74, 6) is 1.80. The number of carbonyl (C=O) groups is 1. The van der Waals surface area contributed by atoms with Gasteiger partial charge in [0.25, 0.3) is 0 Å².